The van der Waals surface area contributed by atoms with Gasteiger partial charge in [-0.25, -0.2) is 0 Å². The van der Waals surface area contributed by atoms with E-state index in [-0.39, 0.29) is 6.04 Å². The highest BCUT2D eigenvalue weighted by Gasteiger charge is 2.12. The molecule has 0 fully saturated rings. The van der Waals surface area contributed by atoms with Crippen LogP contribution in [0.15, 0.2) is 45.9 Å². The minimum atomic E-state index is 0.278. The van der Waals surface area contributed by atoms with Crippen LogP contribution >= 0.6 is 27.7 Å². The van der Waals surface area contributed by atoms with Crippen molar-refractivity contribution in [3.63, 3.8) is 0 Å². The fourth-order valence-electron chi connectivity index (χ4n) is 1.65. The number of halogens is 1. The summed E-state index contributed by atoms with van der Waals surface area (Å²) >= 11 is 5.28. The van der Waals surface area contributed by atoms with Crippen LogP contribution in [0.3, 0.4) is 0 Å². The molecule has 0 amide bonds. The monoisotopic (exact) mass is 325 g/mol. The van der Waals surface area contributed by atoms with Crippen molar-refractivity contribution in [3.8, 4) is 0 Å². The molecule has 1 heterocycles. The zero-order chi connectivity index (χ0) is 13.0. The van der Waals surface area contributed by atoms with Crippen LogP contribution in [0.1, 0.15) is 11.7 Å². The van der Waals surface area contributed by atoms with Crippen LogP contribution in [0.2, 0.25) is 0 Å². The first-order valence-corrected chi connectivity index (χ1v) is 7.52. The number of nitrogens with one attached hydrogen (secondary N) is 1. The van der Waals surface area contributed by atoms with Gasteiger partial charge in [0, 0.05) is 28.4 Å². The molecule has 1 aromatic heterocycles. The van der Waals surface area contributed by atoms with Crippen molar-refractivity contribution in [1.29, 1.82) is 0 Å². The average Bonchev–Trinajstić information content (AvgIpc) is 2.79. The van der Waals surface area contributed by atoms with Crippen LogP contribution < -0.4 is 5.32 Å². The summed E-state index contributed by atoms with van der Waals surface area (Å²) in [7, 11) is 3.92. The highest BCUT2D eigenvalue weighted by atomic mass is 79.9. The summed E-state index contributed by atoms with van der Waals surface area (Å²) in [5.41, 5.74) is 1.09. The molecule has 96 valence electrons. The van der Waals surface area contributed by atoms with E-state index in [1.165, 1.54) is 4.90 Å². The van der Waals surface area contributed by atoms with Gasteiger partial charge in [0.05, 0.1) is 11.7 Å². The Kier molecular flexibility index (Phi) is 4.86. The predicted octanol–water partition coefficient (Wildman–Crippen LogP) is 3.24. The summed E-state index contributed by atoms with van der Waals surface area (Å²) in [6, 6.07) is 10.7. The largest absolute Gasteiger partial charge is 0.311 e. The molecule has 1 aromatic carbocycles. The molecule has 1 N–H and O–H groups in total. The SMILES string of the molecule is CNC(CSc1ccc(Br)cc1)c1ccn(C)n1. The zero-order valence-electron chi connectivity index (χ0n) is 10.4. The van der Waals surface area contributed by atoms with Crippen molar-refractivity contribution < 1.29 is 0 Å². The Hall–Kier alpha value is -0.780. The molecule has 0 saturated carbocycles. The van der Waals surface area contributed by atoms with Crippen molar-refractivity contribution in [1.82, 2.24) is 15.1 Å². The van der Waals surface area contributed by atoms with Crippen molar-refractivity contribution >= 4 is 27.7 Å². The number of thioether (sulfide) groups is 1. The van der Waals surface area contributed by atoms with E-state index in [1.54, 1.807) is 0 Å². The lowest BCUT2D eigenvalue weighted by molar-refractivity contribution is 0.619. The van der Waals surface area contributed by atoms with Crippen LogP contribution in [0, 0.1) is 0 Å². The van der Waals surface area contributed by atoms with E-state index in [4.69, 9.17) is 0 Å². The number of aryl methyl sites for hydroxylation is 1. The minimum Gasteiger partial charge on any atom is -0.311 e. The molecular weight excluding hydrogens is 310 g/mol. The topological polar surface area (TPSA) is 29.9 Å². The van der Waals surface area contributed by atoms with Crippen molar-refractivity contribution in [2.75, 3.05) is 12.8 Å². The van der Waals surface area contributed by atoms with E-state index in [0.717, 1.165) is 15.9 Å². The predicted molar refractivity (Wildman–Crippen MR) is 79.9 cm³/mol. The maximum Gasteiger partial charge on any atom is 0.0802 e. The summed E-state index contributed by atoms with van der Waals surface area (Å²) in [6.45, 7) is 0. The average molecular weight is 326 g/mol. The summed E-state index contributed by atoms with van der Waals surface area (Å²) in [5.74, 6) is 0.967. The maximum atomic E-state index is 4.44. The first kappa shape index (κ1) is 13.6. The fraction of sp³-hybridized carbons (Fsp3) is 0.308. The van der Waals surface area contributed by atoms with Gasteiger partial charge in [-0.3, -0.25) is 4.68 Å². The number of benzene rings is 1. The second-order valence-electron chi connectivity index (χ2n) is 4.02. The van der Waals surface area contributed by atoms with Gasteiger partial charge in [-0.2, -0.15) is 5.10 Å². The summed E-state index contributed by atoms with van der Waals surface area (Å²) < 4.78 is 2.95. The van der Waals surface area contributed by atoms with E-state index < -0.39 is 0 Å². The van der Waals surface area contributed by atoms with Crippen LogP contribution in [0.5, 0.6) is 0 Å². The summed E-state index contributed by atoms with van der Waals surface area (Å²) in [6.07, 6.45) is 1.98. The molecule has 18 heavy (non-hydrogen) atoms. The van der Waals surface area contributed by atoms with E-state index in [2.05, 4.69) is 56.7 Å². The second-order valence-corrected chi connectivity index (χ2v) is 6.03. The van der Waals surface area contributed by atoms with Gasteiger partial charge in [-0.15, -0.1) is 11.8 Å². The van der Waals surface area contributed by atoms with E-state index in [9.17, 15) is 0 Å². The molecule has 0 saturated heterocycles. The standard InChI is InChI=1S/C13H16BrN3S/c1-15-13(12-7-8-17(2)16-12)9-18-11-5-3-10(14)4-6-11/h3-8,13,15H,9H2,1-2H3. The number of aromatic nitrogens is 2. The lowest BCUT2D eigenvalue weighted by atomic mass is 10.2. The van der Waals surface area contributed by atoms with Gasteiger partial charge in [-0.05, 0) is 37.4 Å². The zero-order valence-corrected chi connectivity index (χ0v) is 12.8. The Morgan fingerprint density at radius 1 is 1.33 bits per heavy atom. The highest BCUT2D eigenvalue weighted by molar-refractivity contribution is 9.10. The molecule has 0 aliphatic heterocycles. The molecule has 0 aliphatic rings. The third-order valence-electron chi connectivity index (χ3n) is 2.67. The van der Waals surface area contributed by atoms with Crippen LogP contribution in [0.25, 0.3) is 0 Å². The quantitative estimate of drug-likeness (QED) is 0.856. The third-order valence-corrected chi connectivity index (χ3v) is 4.30. The molecular formula is C13H16BrN3S. The van der Waals surface area contributed by atoms with Gasteiger partial charge in [0.2, 0.25) is 0 Å². The number of nitrogens with zero attached hydrogens (tertiary/aromatic N) is 2. The van der Waals surface area contributed by atoms with E-state index in [0.29, 0.717) is 0 Å². The molecule has 1 unspecified atom stereocenters. The summed E-state index contributed by atoms with van der Waals surface area (Å²) in [4.78, 5) is 1.27. The molecule has 5 heteroatoms. The van der Waals surface area contributed by atoms with E-state index >= 15 is 0 Å². The fourth-order valence-corrected chi connectivity index (χ4v) is 2.94. The lowest BCUT2D eigenvalue weighted by Crippen LogP contribution is -2.19. The molecule has 3 nitrogen and oxygen atoms in total. The summed E-state index contributed by atoms with van der Waals surface area (Å²) in [5, 5.41) is 7.75. The van der Waals surface area contributed by atoms with Crippen LogP contribution in [0.4, 0.5) is 0 Å². The smallest absolute Gasteiger partial charge is 0.0802 e. The third kappa shape index (κ3) is 3.60. The second kappa shape index (κ2) is 6.41. The Labute approximate surface area is 120 Å². The molecule has 0 aliphatic carbocycles. The molecule has 0 spiro atoms. The molecule has 0 radical (unpaired) electrons. The molecule has 1 atom stereocenters. The van der Waals surface area contributed by atoms with Gasteiger partial charge in [0.15, 0.2) is 0 Å². The van der Waals surface area contributed by atoms with Gasteiger partial charge in [0.1, 0.15) is 0 Å². The molecule has 0 bridgehead atoms. The first-order chi connectivity index (χ1) is 8.69. The molecule has 2 aromatic rings. The Morgan fingerprint density at radius 3 is 2.61 bits per heavy atom. The Morgan fingerprint density at radius 2 is 2.06 bits per heavy atom. The van der Waals surface area contributed by atoms with Gasteiger partial charge in [0.25, 0.3) is 0 Å². The first-order valence-electron chi connectivity index (χ1n) is 5.74. The number of hydrogen-bond donors (Lipinski definition) is 1. The van der Waals surface area contributed by atoms with Crippen molar-refractivity contribution in [2.45, 2.75) is 10.9 Å². The van der Waals surface area contributed by atoms with Crippen molar-refractivity contribution in [2.24, 2.45) is 7.05 Å². The van der Waals surface area contributed by atoms with E-state index in [1.807, 2.05) is 36.7 Å². The number of rotatable bonds is 5. The van der Waals surface area contributed by atoms with Crippen LogP contribution in [-0.4, -0.2) is 22.6 Å². The van der Waals surface area contributed by atoms with Gasteiger partial charge in [-0.1, -0.05) is 15.9 Å². The van der Waals surface area contributed by atoms with Gasteiger partial charge >= 0.3 is 0 Å². The van der Waals surface area contributed by atoms with Crippen LogP contribution in [-0.2, 0) is 7.05 Å². The number of hydrogen-bond acceptors (Lipinski definition) is 3. The molecule has 2 rings (SSSR count). The normalized spacial score (nSPS) is 12.6. The van der Waals surface area contributed by atoms with Gasteiger partial charge < -0.3 is 5.32 Å². The van der Waals surface area contributed by atoms with Crippen molar-refractivity contribution in [3.05, 3.63) is 46.7 Å². The minimum absolute atomic E-state index is 0.278. The lowest BCUT2D eigenvalue weighted by Gasteiger charge is -2.13. The highest BCUT2D eigenvalue weighted by Crippen LogP contribution is 2.25. The maximum absolute atomic E-state index is 4.44. The Bertz CT molecular complexity index is 495. The Balaban J connectivity index is 1.97.